The molecule has 0 saturated heterocycles. The van der Waals surface area contributed by atoms with Crippen LogP contribution in [0.2, 0.25) is 0 Å². The molecule has 1 N–H and O–H groups in total. The van der Waals surface area contributed by atoms with Gasteiger partial charge in [0.25, 0.3) is 0 Å². The van der Waals surface area contributed by atoms with E-state index in [1.807, 2.05) is 18.2 Å². The van der Waals surface area contributed by atoms with Crippen LogP contribution in [0, 0.1) is 0 Å². The van der Waals surface area contributed by atoms with Crippen LogP contribution in [0.4, 0.5) is 0 Å². The second-order valence-electron chi connectivity index (χ2n) is 4.67. The van der Waals surface area contributed by atoms with E-state index in [1.165, 1.54) is 5.56 Å². The Kier molecular flexibility index (Phi) is 9.08. The molecule has 1 aromatic carbocycles. The molecule has 0 amide bonds. The molecule has 0 spiro atoms. The molecule has 108 valence electrons. The van der Waals surface area contributed by atoms with Crippen LogP contribution in [0.3, 0.4) is 0 Å². The Labute approximate surface area is 124 Å². The highest BCUT2D eigenvalue weighted by Crippen LogP contribution is 2.16. The SMILES string of the molecule is CC(C)OCCCNCCOCc1ccccc1Br. The lowest BCUT2D eigenvalue weighted by molar-refractivity contribution is 0.0761. The maximum atomic E-state index is 5.62. The largest absolute Gasteiger partial charge is 0.379 e. The Morgan fingerprint density at radius 3 is 2.68 bits per heavy atom. The fourth-order valence-corrected chi connectivity index (χ4v) is 1.98. The van der Waals surface area contributed by atoms with E-state index < -0.39 is 0 Å². The average Bonchev–Trinajstić information content (AvgIpc) is 2.38. The van der Waals surface area contributed by atoms with Gasteiger partial charge in [0.05, 0.1) is 19.3 Å². The summed E-state index contributed by atoms with van der Waals surface area (Å²) in [5, 5.41) is 3.34. The molecule has 0 unspecified atom stereocenters. The third-order valence-electron chi connectivity index (χ3n) is 2.59. The summed E-state index contributed by atoms with van der Waals surface area (Å²) in [5.41, 5.74) is 1.19. The zero-order valence-electron chi connectivity index (χ0n) is 11.8. The summed E-state index contributed by atoms with van der Waals surface area (Å²) in [7, 11) is 0. The second kappa shape index (κ2) is 10.4. The standard InChI is InChI=1S/C15H24BrNO2/c1-13(2)19-10-5-8-17-9-11-18-12-14-6-3-4-7-15(14)16/h3-4,6-7,13,17H,5,8-12H2,1-2H3. The Morgan fingerprint density at radius 2 is 1.95 bits per heavy atom. The highest BCUT2D eigenvalue weighted by atomic mass is 79.9. The van der Waals surface area contributed by atoms with Crippen LogP contribution in [0.25, 0.3) is 0 Å². The number of halogens is 1. The molecular weight excluding hydrogens is 306 g/mol. The van der Waals surface area contributed by atoms with Crippen LogP contribution < -0.4 is 5.32 Å². The Morgan fingerprint density at radius 1 is 1.16 bits per heavy atom. The van der Waals surface area contributed by atoms with Crippen molar-refractivity contribution in [2.45, 2.75) is 33.0 Å². The smallest absolute Gasteiger partial charge is 0.0728 e. The first-order valence-corrected chi connectivity index (χ1v) is 7.63. The first kappa shape index (κ1) is 16.6. The van der Waals surface area contributed by atoms with Crippen molar-refractivity contribution in [1.29, 1.82) is 0 Å². The van der Waals surface area contributed by atoms with Crippen LogP contribution in [0.5, 0.6) is 0 Å². The molecule has 0 aliphatic heterocycles. The molecule has 3 nitrogen and oxygen atoms in total. The van der Waals surface area contributed by atoms with E-state index >= 15 is 0 Å². The molecule has 0 bridgehead atoms. The van der Waals surface area contributed by atoms with Gasteiger partial charge >= 0.3 is 0 Å². The molecule has 0 saturated carbocycles. The van der Waals surface area contributed by atoms with Crippen molar-refractivity contribution in [3.05, 3.63) is 34.3 Å². The van der Waals surface area contributed by atoms with Crippen LogP contribution in [-0.4, -0.2) is 32.4 Å². The Hall–Kier alpha value is -0.420. The van der Waals surface area contributed by atoms with Gasteiger partial charge in [-0.15, -0.1) is 0 Å². The summed E-state index contributed by atoms with van der Waals surface area (Å²) >= 11 is 3.51. The zero-order valence-corrected chi connectivity index (χ0v) is 13.4. The van der Waals surface area contributed by atoms with Crippen molar-refractivity contribution in [2.24, 2.45) is 0 Å². The monoisotopic (exact) mass is 329 g/mol. The van der Waals surface area contributed by atoms with E-state index in [4.69, 9.17) is 9.47 Å². The molecular formula is C15H24BrNO2. The summed E-state index contributed by atoms with van der Waals surface area (Å²) in [6.07, 6.45) is 1.37. The van der Waals surface area contributed by atoms with Gasteiger partial charge in [-0.25, -0.2) is 0 Å². The molecule has 19 heavy (non-hydrogen) atoms. The molecule has 4 heteroatoms. The van der Waals surface area contributed by atoms with E-state index in [0.29, 0.717) is 12.7 Å². The second-order valence-corrected chi connectivity index (χ2v) is 5.52. The van der Waals surface area contributed by atoms with Crippen LogP contribution in [0.15, 0.2) is 28.7 Å². The van der Waals surface area contributed by atoms with Crippen molar-refractivity contribution in [2.75, 3.05) is 26.3 Å². The van der Waals surface area contributed by atoms with E-state index in [2.05, 4.69) is 41.2 Å². The minimum Gasteiger partial charge on any atom is -0.379 e. The van der Waals surface area contributed by atoms with Gasteiger partial charge in [0.2, 0.25) is 0 Å². The van der Waals surface area contributed by atoms with E-state index in [9.17, 15) is 0 Å². The van der Waals surface area contributed by atoms with E-state index in [1.54, 1.807) is 0 Å². The van der Waals surface area contributed by atoms with Crippen LogP contribution in [-0.2, 0) is 16.1 Å². The topological polar surface area (TPSA) is 30.5 Å². The maximum Gasteiger partial charge on any atom is 0.0728 e. The third kappa shape index (κ3) is 8.37. The fraction of sp³-hybridized carbons (Fsp3) is 0.600. The van der Waals surface area contributed by atoms with Crippen LogP contribution >= 0.6 is 15.9 Å². The first-order chi connectivity index (χ1) is 9.20. The molecule has 0 aliphatic rings. The lowest BCUT2D eigenvalue weighted by Crippen LogP contribution is -2.22. The van der Waals surface area contributed by atoms with Gasteiger partial charge in [0.1, 0.15) is 0 Å². The third-order valence-corrected chi connectivity index (χ3v) is 3.36. The van der Waals surface area contributed by atoms with Crippen molar-refractivity contribution in [3.8, 4) is 0 Å². The maximum absolute atomic E-state index is 5.62. The number of ether oxygens (including phenoxy) is 2. The molecule has 1 aromatic rings. The molecule has 0 atom stereocenters. The minimum absolute atomic E-state index is 0.327. The number of hydrogen-bond donors (Lipinski definition) is 1. The lowest BCUT2D eigenvalue weighted by atomic mass is 10.2. The quantitative estimate of drug-likeness (QED) is 0.667. The summed E-state index contributed by atoms with van der Waals surface area (Å²) in [6.45, 7) is 8.18. The zero-order chi connectivity index (χ0) is 13.9. The number of rotatable bonds is 10. The summed E-state index contributed by atoms with van der Waals surface area (Å²) in [5.74, 6) is 0. The molecule has 0 fully saturated rings. The van der Waals surface area contributed by atoms with Crippen molar-refractivity contribution in [1.82, 2.24) is 5.32 Å². The highest BCUT2D eigenvalue weighted by Gasteiger charge is 1.98. The summed E-state index contributed by atoms with van der Waals surface area (Å²) < 4.78 is 12.2. The van der Waals surface area contributed by atoms with Gasteiger partial charge in [-0.3, -0.25) is 0 Å². The van der Waals surface area contributed by atoms with Gasteiger partial charge in [-0.2, -0.15) is 0 Å². The minimum atomic E-state index is 0.327. The van der Waals surface area contributed by atoms with Gasteiger partial charge < -0.3 is 14.8 Å². The van der Waals surface area contributed by atoms with Gasteiger partial charge in [0.15, 0.2) is 0 Å². The van der Waals surface area contributed by atoms with Crippen molar-refractivity contribution >= 4 is 15.9 Å². The predicted molar refractivity (Wildman–Crippen MR) is 82.4 cm³/mol. The molecule has 0 radical (unpaired) electrons. The fourth-order valence-electron chi connectivity index (χ4n) is 1.58. The Balaban J connectivity index is 1.93. The predicted octanol–water partition coefficient (Wildman–Crippen LogP) is 3.37. The Bertz CT molecular complexity index is 345. The number of hydrogen-bond acceptors (Lipinski definition) is 3. The van der Waals surface area contributed by atoms with Gasteiger partial charge in [-0.05, 0) is 38.4 Å². The van der Waals surface area contributed by atoms with Gasteiger partial charge in [0, 0.05) is 17.6 Å². The number of nitrogens with one attached hydrogen (secondary N) is 1. The highest BCUT2D eigenvalue weighted by molar-refractivity contribution is 9.10. The molecule has 1 rings (SSSR count). The van der Waals surface area contributed by atoms with E-state index in [0.717, 1.165) is 37.2 Å². The summed E-state index contributed by atoms with van der Waals surface area (Å²) in [4.78, 5) is 0. The van der Waals surface area contributed by atoms with Crippen molar-refractivity contribution < 1.29 is 9.47 Å². The average molecular weight is 330 g/mol. The summed E-state index contributed by atoms with van der Waals surface area (Å²) in [6, 6.07) is 8.14. The van der Waals surface area contributed by atoms with Crippen molar-refractivity contribution in [3.63, 3.8) is 0 Å². The molecule has 0 heterocycles. The van der Waals surface area contributed by atoms with Crippen LogP contribution in [0.1, 0.15) is 25.8 Å². The lowest BCUT2D eigenvalue weighted by Gasteiger charge is -2.09. The molecule has 0 aliphatic carbocycles. The van der Waals surface area contributed by atoms with Gasteiger partial charge in [-0.1, -0.05) is 34.1 Å². The first-order valence-electron chi connectivity index (χ1n) is 6.83. The van der Waals surface area contributed by atoms with E-state index in [-0.39, 0.29) is 0 Å². The molecule has 0 aromatic heterocycles. The normalized spacial score (nSPS) is 11.2. The number of benzene rings is 1.